The number of nitrogens with zero attached hydrogens (tertiary/aromatic N) is 1. The molecule has 0 aromatic carbocycles. The first kappa shape index (κ1) is 11.8. The average molecular weight is 252 g/mol. The van der Waals surface area contributed by atoms with Crippen molar-refractivity contribution in [3.63, 3.8) is 0 Å². The van der Waals surface area contributed by atoms with Gasteiger partial charge in [-0.25, -0.2) is 4.98 Å². The van der Waals surface area contributed by atoms with E-state index in [1.807, 2.05) is 24.5 Å². The van der Waals surface area contributed by atoms with Crippen LogP contribution in [-0.2, 0) is 6.42 Å². The van der Waals surface area contributed by atoms with E-state index in [2.05, 4.69) is 34.7 Å². The second kappa shape index (κ2) is 5.57. The first-order valence-electron chi connectivity index (χ1n) is 5.44. The predicted octanol–water partition coefficient (Wildman–Crippen LogP) is 3.41. The third kappa shape index (κ3) is 3.14. The van der Waals surface area contributed by atoms with Gasteiger partial charge in [0.05, 0.1) is 5.01 Å². The molecule has 1 atom stereocenters. The number of rotatable bonds is 5. The summed E-state index contributed by atoms with van der Waals surface area (Å²) in [6, 6.07) is 4.70. The molecule has 0 radical (unpaired) electrons. The van der Waals surface area contributed by atoms with Gasteiger partial charge in [0.25, 0.3) is 0 Å². The molecule has 0 saturated carbocycles. The van der Waals surface area contributed by atoms with E-state index >= 15 is 0 Å². The van der Waals surface area contributed by atoms with Crippen LogP contribution in [0, 0.1) is 6.92 Å². The minimum atomic E-state index is 0.408. The summed E-state index contributed by atoms with van der Waals surface area (Å²) >= 11 is 3.60. The number of nitrogens with one attached hydrogen (secondary N) is 1. The monoisotopic (exact) mass is 252 g/mol. The molecular weight excluding hydrogens is 236 g/mol. The number of thiophene rings is 1. The molecule has 0 aliphatic rings. The van der Waals surface area contributed by atoms with Crippen LogP contribution in [0.15, 0.2) is 23.7 Å². The highest BCUT2D eigenvalue weighted by atomic mass is 32.1. The molecule has 4 heteroatoms. The Balaban J connectivity index is 1.78. The lowest BCUT2D eigenvalue weighted by molar-refractivity contribution is 0.586. The maximum atomic E-state index is 4.28. The summed E-state index contributed by atoms with van der Waals surface area (Å²) in [4.78, 5) is 7.04. The van der Waals surface area contributed by atoms with Gasteiger partial charge in [0.1, 0.15) is 0 Å². The van der Waals surface area contributed by atoms with Crippen molar-refractivity contribution in [3.05, 3.63) is 38.5 Å². The molecule has 2 nitrogen and oxygen atoms in total. The zero-order chi connectivity index (χ0) is 11.4. The quantitative estimate of drug-likeness (QED) is 0.882. The van der Waals surface area contributed by atoms with Gasteiger partial charge in [-0.3, -0.25) is 0 Å². The molecule has 2 heterocycles. The van der Waals surface area contributed by atoms with E-state index < -0.39 is 0 Å². The Kier molecular flexibility index (Phi) is 4.09. The molecule has 16 heavy (non-hydrogen) atoms. The summed E-state index contributed by atoms with van der Waals surface area (Å²) in [5, 5.41) is 6.80. The topological polar surface area (TPSA) is 24.9 Å². The zero-order valence-corrected chi connectivity index (χ0v) is 11.2. The van der Waals surface area contributed by atoms with Crippen molar-refractivity contribution in [2.45, 2.75) is 26.3 Å². The Morgan fingerprint density at radius 2 is 2.38 bits per heavy atom. The van der Waals surface area contributed by atoms with Gasteiger partial charge in [-0.2, -0.15) is 0 Å². The van der Waals surface area contributed by atoms with Gasteiger partial charge in [0, 0.05) is 28.5 Å². The van der Waals surface area contributed by atoms with Crippen molar-refractivity contribution < 1.29 is 0 Å². The standard InChI is InChI=1S/C12H16N2S2/c1-9(12-8-14-10(2)16-12)13-6-5-11-4-3-7-15-11/h3-4,7-9,13H,5-6H2,1-2H3. The average Bonchev–Trinajstić information content (AvgIpc) is 2.89. The third-order valence-corrected chi connectivity index (χ3v) is 4.50. The lowest BCUT2D eigenvalue weighted by Crippen LogP contribution is -2.20. The zero-order valence-electron chi connectivity index (χ0n) is 9.56. The lowest BCUT2D eigenvalue weighted by Gasteiger charge is -2.10. The fourth-order valence-corrected chi connectivity index (χ4v) is 3.07. The highest BCUT2D eigenvalue weighted by Gasteiger charge is 2.07. The van der Waals surface area contributed by atoms with Gasteiger partial charge in [-0.1, -0.05) is 6.07 Å². The van der Waals surface area contributed by atoms with Crippen molar-refractivity contribution >= 4 is 22.7 Å². The molecule has 0 amide bonds. The first-order valence-corrected chi connectivity index (χ1v) is 7.13. The molecule has 1 unspecified atom stereocenters. The number of hydrogen-bond acceptors (Lipinski definition) is 4. The Bertz CT molecular complexity index is 420. The predicted molar refractivity (Wildman–Crippen MR) is 71.3 cm³/mol. The van der Waals surface area contributed by atoms with Crippen LogP contribution >= 0.6 is 22.7 Å². The minimum absolute atomic E-state index is 0.408. The molecule has 2 aromatic rings. The van der Waals surface area contributed by atoms with Gasteiger partial charge in [0.15, 0.2) is 0 Å². The van der Waals surface area contributed by atoms with E-state index in [-0.39, 0.29) is 0 Å². The van der Waals surface area contributed by atoms with Crippen LogP contribution in [0.4, 0.5) is 0 Å². The largest absolute Gasteiger partial charge is 0.309 e. The summed E-state index contributed by atoms with van der Waals surface area (Å²) in [7, 11) is 0. The summed E-state index contributed by atoms with van der Waals surface area (Å²) in [6.45, 7) is 5.27. The first-order chi connectivity index (χ1) is 7.75. The van der Waals surface area contributed by atoms with Crippen LogP contribution in [0.25, 0.3) is 0 Å². The smallest absolute Gasteiger partial charge is 0.0897 e. The summed E-state index contributed by atoms with van der Waals surface area (Å²) in [6.07, 6.45) is 3.09. The molecule has 86 valence electrons. The Labute approximate surface area is 104 Å². The van der Waals surface area contributed by atoms with Gasteiger partial charge in [-0.05, 0) is 31.7 Å². The highest BCUT2D eigenvalue weighted by molar-refractivity contribution is 7.11. The fourth-order valence-electron chi connectivity index (χ4n) is 1.55. The Morgan fingerprint density at radius 1 is 1.50 bits per heavy atom. The van der Waals surface area contributed by atoms with E-state index in [9.17, 15) is 0 Å². The number of aromatic nitrogens is 1. The van der Waals surface area contributed by atoms with Gasteiger partial charge in [0.2, 0.25) is 0 Å². The normalized spacial score (nSPS) is 12.9. The molecular formula is C12H16N2S2. The SMILES string of the molecule is Cc1ncc(C(C)NCCc2cccs2)s1. The second-order valence-corrected chi connectivity index (χ2v) is 6.09. The highest BCUT2D eigenvalue weighted by Crippen LogP contribution is 2.19. The summed E-state index contributed by atoms with van der Waals surface area (Å²) in [5.41, 5.74) is 0. The third-order valence-electron chi connectivity index (χ3n) is 2.47. The van der Waals surface area contributed by atoms with Crippen LogP contribution in [0.3, 0.4) is 0 Å². The minimum Gasteiger partial charge on any atom is -0.309 e. The van der Waals surface area contributed by atoms with E-state index in [0.29, 0.717) is 6.04 Å². The van der Waals surface area contributed by atoms with Gasteiger partial charge in [-0.15, -0.1) is 22.7 Å². The van der Waals surface area contributed by atoms with E-state index in [0.717, 1.165) is 18.0 Å². The van der Waals surface area contributed by atoms with Crippen LogP contribution in [0.5, 0.6) is 0 Å². The van der Waals surface area contributed by atoms with Crippen LogP contribution < -0.4 is 5.32 Å². The molecule has 0 bridgehead atoms. The van der Waals surface area contributed by atoms with Crippen molar-refractivity contribution in [3.8, 4) is 0 Å². The van der Waals surface area contributed by atoms with Crippen molar-refractivity contribution in [2.75, 3.05) is 6.54 Å². The van der Waals surface area contributed by atoms with Crippen LogP contribution in [-0.4, -0.2) is 11.5 Å². The molecule has 2 aromatic heterocycles. The Morgan fingerprint density at radius 3 is 3.00 bits per heavy atom. The molecule has 2 rings (SSSR count). The molecule has 0 spiro atoms. The molecule has 0 fully saturated rings. The fraction of sp³-hybridized carbons (Fsp3) is 0.417. The maximum absolute atomic E-state index is 4.28. The Hall–Kier alpha value is -0.710. The van der Waals surface area contributed by atoms with Crippen LogP contribution in [0.1, 0.15) is 27.7 Å². The number of aryl methyl sites for hydroxylation is 1. The number of thiazole rings is 1. The van der Waals surface area contributed by atoms with Crippen LogP contribution in [0.2, 0.25) is 0 Å². The molecule has 0 saturated heterocycles. The summed E-state index contributed by atoms with van der Waals surface area (Å²) in [5.74, 6) is 0. The molecule has 0 aliphatic heterocycles. The van der Waals surface area contributed by atoms with E-state index in [1.54, 1.807) is 11.3 Å². The second-order valence-electron chi connectivity index (χ2n) is 3.79. The summed E-state index contributed by atoms with van der Waals surface area (Å²) < 4.78 is 0. The van der Waals surface area contributed by atoms with Crippen molar-refractivity contribution in [2.24, 2.45) is 0 Å². The number of hydrogen-bond donors (Lipinski definition) is 1. The van der Waals surface area contributed by atoms with Gasteiger partial charge >= 0.3 is 0 Å². The molecule has 1 N–H and O–H groups in total. The van der Waals surface area contributed by atoms with Crippen molar-refractivity contribution in [1.82, 2.24) is 10.3 Å². The lowest BCUT2D eigenvalue weighted by atomic mass is 10.3. The van der Waals surface area contributed by atoms with Gasteiger partial charge < -0.3 is 5.32 Å². The van der Waals surface area contributed by atoms with Crippen molar-refractivity contribution in [1.29, 1.82) is 0 Å². The molecule has 0 aliphatic carbocycles. The van der Waals surface area contributed by atoms with E-state index in [4.69, 9.17) is 0 Å². The maximum Gasteiger partial charge on any atom is 0.0897 e. The van der Waals surface area contributed by atoms with E-state index in [1.165, 1.54) is 9.75 Å².